The van der Waals surface area contributed by atoms with E-state index in [2.05, 4.69) is 33.4 Å². The number of rotatable bonds is 4. The molecular weight excluding hydrogens is 329 g/mol. The predicted octanol–water partition coefficient (Wildman–Crippen LogP) is 4.74. The molecule has 0 aliphatic rings. The largest absolute Gasteiger partial charge is 0.313 e. The van der Waals surface area contributed by atoms with Crippen LogP contribution in [-0.2, 0) is 6.42 Å². The van der Waals surface area contributed by atoms with Crippen molar-refractivity contribution in [3.05, 3.63) is 68.9 Å². The van der Waals surface area contributed by atoms with Crippen LogP contribution in [0.15, 0.2) is 46.9 Å². The SMILES string of the molecule is CNC(Cc1ccc(F)cc1Cl)c1ccc(Br)cc1. The summed E-state index contributed by atoms with van der Waals surface area (Å²) in [6.45, 7) is 0. The van der Waals surface area contributed by atoms with Gasteiger partial charge >= 0.3 is 0 Å². The predicted molar refractivity (Wildman–Crippen MR) is 81.1 cm³/mol. The molecule has 1 nitrogen and oxygen atoms in total. The lowest BCUT2D eigenvalue weighted by atomic mass is 9.99. The van der Waals surface area contributed by atoms with Gasteiger partial charge in [0.25, 0.3) is 0 Å². The van der Waals surface area contributed by atoms with Crippen molar-refractivity contribution >= 4 is 27.5 Å². The van der Waals surface area contributed by atoms with Crippen molar-refractivity contribution in [3.63, 3.8) is 0 Å². The molecule has 4 heteroatoms. The second-order valence-electron chi connectivity index (χ2n) is 4.33. The van der Waals surface area contributed by atoms with Gasteiger partial charge in [-0.1, -0.05) is 45.7 Å². The molecule has 1 N–H and O–H groups in total. The fourth-order valence-corrected chi connectivity index (χ4v) is 2.50. The third-order valence-corrected chi connectivity index (χ3v) is 3.94. The van der Waals surface area contributed by atoms with E-state index in [0.717, 1.165) is 16.5 Å². The Morgan fingerprint density at radius 1 is 1.21 bits per heavy atom. The van der Waals surface area contributed by atoms with Crippen LogP contribution in [0.25, 0.3) is 0 Å². The molecule has 0 aromatic heterocycles. The first-order valence-electron chi connectivity index (χ1n) is 5.97. The highest BCUT2D eigenvalue weighted by Crippen LogP contribution is 2.25. The highest BCUT2D eigenvalue weighted by atomic mass is 79.9. The topological polar surface area (TPSA) is 12.0 Å². The van der Waals surface area contributed by atoms with Gasteiger partial charge in [-0.3, -0.25) is 0 Å². The minimum Gasteiger partial charge on any atom is -0.313 e. The van der Waals surface area contributed by atoms with E-state index in [9.17, 15) is 4.39 Å². The number of likely N-dealkylation sites (N-methyl/N-ethyl adjacent to an activating group) is 1. The van der Waals surface area contributed by atoms with Gasteiger partial charge in [-0.25, -0.2) is 4.39 Å². The minimum atomic E-state index is -0.307. The second kappa shape index (κ2) is 6.51. The van der Waals surface area contributed by atoms with E-state index in [0.29, 0.717) is 5.02 Å². The molecule has 100 valence electrons. The summed E-state index contributed by atoms with van der Waals surface area (Å²) in [4.78, 5) is 0. The standard InChI is InChI=1S/C15H14BrClFN/c1-19-15(10-2-5-12(16)6-3-10)8-11-4-7-13(18)9-14(11)17/h2-7,9,15,19H,8H2,1H3. The van der Waals surface area contributed by atoms with Crippen LogP contribution in [-0.4, -0.2) is 7.05 Å². The zero-order valence-corrected chi connectivity index (χ0v) is 12.8. The van der Waals surface area contributed by atoms with Crippen molar-refractivity contribution in [2.75, 3.05) is 7.05 Å². The van der Waals surface area contributed by atoms with Gasteiger partial charge in [0.1, 0.15) is 5.82 Å². The molecule has 0 aliphatic heterocycles. The monoisotopic (exact) mass is 341 g/mol. The molecule has 2 aromatic rings. The summed E-state index contributed by atoms with van der Waals surface area (Å²) in [6.07, 6.45) is 0.719. The smallest absolute Gasteiger partial charge is 0.124 e. The molecule has 0 saturated heterocycles. The second-order valence-corrected chi connectivity index (χ2v) is 5.66. The maximum absolute atomic E-state index is 13.0. The molecule has 0 heterocycles. The van der Waals surface area contributed by atoms with Crippen molar-refractivity contribution in [1.82, 2.24) is 5.32 Å². The van der Waals surface area contributed by atoms with Crippen molar-refractivity contribution in [2.45, 2.75) is 12.5 Å². The average molecular weight is 343 g/mol. The Bertz CT molecular complexity index is 557. The summed E-state index contributed by atoms with van der Waals surface area (Å²) in [5.41, 5.74) is 2.11. The fourth-order valence-electron chi connectivity index (χ4n) is 1.99. The van der Waals surface area contributed by atoms with Gasteiger partial charge in [0.05, 0.1) is 0 Å². The van der Waals surface area contributed by atoms with Gasteiger partial charge in [0.2, 0.25) is 0 Å². The third kappa shape index (κ3) is 3.78. The van der Waals surface area contributed by atoms with E-state index in [-0.39, 0.29) is 11.9 Å². The molecule has 1 unspecified atom stereocenters. The van der Waals surface area contributed by atoms with E-state index in [1.807, 2.05) is 19.2 Å². The molecule has 0 saturated carbocycles. The Balaban J connectivity index is 2.21. The number of hydrogen-bond acceptors (Lipinski definition) is 1. The molecule has 0 spiro atoms. The average Bonchev–Trinajstić information content (AvgIpc) is 2.39. The molecule has 0 amide bonds. The highest BCUT2D eigenvalue weighted by molar-refractivity contribution is 9.10. The summed E-state index contributed by atoms with van der Waals surface area (Å²) in [7, 11) is 1.91. The Labute approximate surface area is 125 Å². The van der Waals surface area contributed by atoms with E-state index in [1.165, 1.54) is 17.7 Å². The number of benzene rings is 2. The summed E-state index contributed by atoms with van der Waals surface area (Å²) < 4.78 is 14.1. The van der Waals surface area contributed by atoms with Crippen molar-refractivity contribution in [1.29, 1.82) is 0 Å². The number of halogens is 3. The summed E-state index contributed by atoms with van der Waals surface area (Å²) >= 11 is 9.49. The molecule has 0 bridgehead atoms. The van der Waals surface area contributed by atoms with Crippen LogP contribution in [0.5, 0.6) is 0 Å². The fraction of sp³-hybridized carbons (Fsp3) is 0.200. The Morgan fingerprint density at radius 2 is 1.89 bits per heavy atom. The zero-order chi connectivity index (χ0) is 13.8. The lowest BCUT2D eigenvalue weighted by Crippen LogP contribution is -2.19. The maximum atomic E-state index is 13.0. The lowest BCUT2D eigenvalue weighted by molar-refractivity contribution is 0.589. The molecule has 0 radical (unpaired) electrons. The van der Waals surface area contributed by atoms with Crippen LogP contribution < -0.4 is 5.32 Å². The molecule has 1 atom stereocenters. The van der Waals surface area contributed by atoms with Crippen molar-refractivity contribution < 1.29 is 4.39 Å². The molecule has 2 rings (SSSR count). The van der Waals surface area contributed by atoms with Crippen LogP contribution in [0.1, 0.15) is 17.2 Å². The minimum absolute atomic E-state index is 0.149. The first-order chi connectivity index (χ1) is 9.10. The summed E-state index contributed by atoms with van der Waals surface area (Å²) in [5.74, 6) is -0.307. The van der Waals surface area contributed by atoms with Gasteiger partial charge < -0.3 is 5.32 Å². The number of nitrogens with one attached hydrogen (secondary N) is 1. The van der Waals surface area contributed by atoms with Gasteiger partial charge in [-0.05, 0) is 48.9 Å². The molecule has 0 fully saturated rings. The molecule has 0 aliphatic carbocycles. The van der Waals surface area contributed by atoms with Crippen LogP contribution >= 0.6 is 27.5 Å². The van der Waals surface area contributed by atoms with Gasteiger partial charge in [0.15, 0.2) is 0 Å². The van der Waals surface area contributed by atoms with E-state index in [4.69, 9.17) is 11.6 Å². The normalized spacial score (nSPS) is 12.4. The number of hydrogen-bond donors (Lipinski definition) is 1. The van der Waals surface area contributed by atoms with Crippen LogP contribution in [0.3, 0.4) is 0 Å². The Hall–Kier alpha value is -0.900. The van der Waals surface area contributed by atoms with Crippen LogP contribution in [0.4, 0.5) is 4.39 Å². The summed E-state index contributed by atoms with van der Waals surface area (Å²) in [6, 6.07) is 12.8. The van der Waals surface area contributed by atoms with Crippen molar-refractivity contribution in [3.8, 4) is 0 Å². The van der Waals surface area contributed by atoms with E-state index < -0.39 is 0 Å². The molecule has 19 heavy (non-hydrogen) atoms. The first kappa shape index (κ1) is 14.5. The Kier molecular flexibility index (Phi) is 4.97. The molecular formula is C15H14BrClFN. The van der Waals surface area contributed by atoms with Crippen LogP contribution in [0.2, 0.25) is 5.02 Å². The van der Waals surface area contributed by atoms with Crippen molar-refractivity contribution in [2.24, 2.45) is 0 Å². The quantitative estimate of drug-likeness (QED) is 0.846. The first-order valence-corrected chi connectivity index (χ1v) is 7.14. The van der Waals surface area contributed by atoms with Gasteiger partial charge in [0, 0.05) is 15.5 Å². The third-order valence-electron chi connectivity index (χ3n) is 3.06. The van der Waals surface area contributed by atoms with Gasteiger partial charge in [-0.15, -0.1) is 0 Å². The zero-order valence-electron chi connectivity index (χ0n) is 10.5. The maximum Gasteiger partial charge on any atom is 0.124 e. The lowest BCUT2D eigenvalue weighted by Gasteiger charge is -2.17. The summed E-state index contributed by atoms with van der Waals surface area (Å²) in [5, 5.41) is 3.73. The van der Waals surface area contributed by atoms with E-state index >= 15 is 0 Å². The molecule has 2 aromatic carbocycles. The highest BCUT2D eigenvalue weighted by Gasteiger charge is 2.12. The Morgan fingerprint density at radius 3 is 2.47 bits per heavy atom. The van der Waals surface area contributed by atoms with E-state index in [1.54, 1.807) is 6.07 Å². The van der Waals surface area contributed by atoms with Crippen LogP contribution in [0, 0.1) is 5.82 Å². The van der Waals surface area contributed by atoms with Gasteiger partial charge in [-0.2, -0.15) is 0 Å².